The number of hydrogen-bond acceptors (Lipinski definition) is 8. The van der Waals surface area contributed by atoms with Gasteiger partial charge in [-0.2, -0.15) is 0 Å². The Morgan fingerprint density at radius 3 is 2.84 bits per heavy atom. The van der Waals surface area contributed by atoms with Gasteiger partial charge in [0.15, 0.2) is 11.5 Å². The third-order valence-electron chi connectivity index (χ3n) is 4.14. The number of carbonyl (C=O) groups is 2. The van der Waals surface area contributed by atoms with Crippen molar-refractivity contribution in [2.24, 2.45) is 0 Å². The first-order valence-corrected chi connectivity index (χ1v) is 9.58. The van der Waals surface area contributed by atoms with Crippen LogP contribution in [0.25, 0.3) is 11.3 Å². The van der Waals surface area contributed by atoms with Gasteiger partial charge in [0.05, 0.1) is 11.8 Å². The molecule has 0 aliphatic rings. The molecule has 0 bridgehead atoms. The van der Waals surface area contributed by atoms with E-state index in [4.69, 9.17) is 26.0 Å². The van der Waals surface area contributed by atoms with Gasteiger partial charge in [-0.05, 0) is 30.3 Å². The number of anilines is 1. The van der Waals surface area contributed by atoms with Crippen LogP contribution in [0, 0.1) is 0 Å². The summed E-state index contributed by atoms with van der Waals surface area (Å²) in [5, 5.41) is 23.5. The van der Waals surface area contributed by atoms with Gasteiger partial charge in [0.25, 0.3) is 0 Å². The van der Waals surface area contributed by atoms with Gasteiger partial charge < -0.3 is 19.7 Å². The second-order valence-electron chi connectivity index (χ2n) is 6.48. The summed E-state index contributed by atoms with van der Waals surface area (Å²) in [6.07, 6.45) is 3.15. The van der Waals surface area contributed by atoms with Crippen LogP contribution in [0.4, 0.5) is 5.82 Å². The molecule has 1 amide bonds. The van der Waals surface area contributed by atoms with E-state index in [2.05, 4.69) is 25.8 Å². The molecule has 0 atom stereocenters. The molecule has 0 spiro atoms. The molecule has 32 heavy (non-hydrogen) atoms. The molecule has 0 unspecified atom stereocenters. The lowest BCUT2D eigenvalue weighted by molar-refractivity contribution is -0.117. The standard InChI is InChI=1S/C20H15ClN6O5/c21-12-4-5-16(14(7-12)17-8-15(20(29)30)25-32-17)31-11-13-9-27(26-24-13)10-19(28)23-18-3-1-2-6-22-18/h1-9H,10-11H2,(H,29,30)(H,22,23,28). The van der Waals surface area contributed by atoms with Crippen LogP contribution in [-0.2, 0) is 17.9 Å². The summed E-state index contributed by atoms with van der Waals surface area (Å²) >= 11 is 6.06. The largest absolute Gasteiger partial charge is 0.486 e. The van der Waals surface area contributed by atoms with Crippen molar-refractivity contribution in [1.29, 1.82) is 0 Å². The molecule has 0 saturated carbocycles. The minimum absolute atomic E-state index is 0.0381. The fourth-order valence-corrected chi connectivity index (χ4v) is 2.90. The van der Waals surface area contributed by atoms with Crippen LogP contribution >= 0.6 is 11.6 Å². The fraction of sp³-hybridized carbons (Fsp3) is 0.100. The Morgan fingerprint density at radius 2 is 2.09 bits per heavy atom. The van der Waals surface area contributed by atoms with Gasteiger partial charge in [-0.3, -0.25) is 4.79 Å². The Labute approximate surface area is 185 Å². The number of halogens is 1. The van der Waals surface area contributed by atoms with E-state index in [9.17, 15) is 9.59 Å². The number of carboxylic acids is 1. The molecule has 2 N–H and O–H groups in total. The predicted molar refractivity (Wildman–Crippen MR) is 111 cm³/mol. The lowest BCUT2D eigenvalue weighted by atomic mass is 10.1. The van der Waals surface area contributed by atoms with Crippen LogP contribution in [0.15, 0.2) is 59.4 Å². The molecular formula is C20H15ClN6O5. The Hall–Kier alpha value is -4.25. The smallest absolute Gasteiger partial charge is 0.358 e. The SMILES string of the molecule is O=C(Cn1cc(COc2ccc(Cl)cc2-c2cc(C(=O)O)no2)nn1)Nc1ccccn1. The number of carboxylic acid groups (broad SMARTS) is 1. The van der Waals surface area contributed by atoms with E-state index in [1.165, 1.54) is 10.7 Å². The van der Waals surface area contributed by atoms with Crippen LogP contribution < -0.4 is 10.1 Å². The fourth-order valence-electron chi connectivity index (χ4n) is 2.72. The molecule has 1 aromatic carbocycles. The molecule has 0 radical (unpaired) electrons. The highest BCUT2D eigenvalue weighted by Crippen LogP contribution is 2.33. The average molecular weight is 455 g/mol. The highest BCUT2D eigenvalue weighted by Gasteiger charge is 2.17. The third-order valence-corrected chi connectivity index (χ3v) is 4.37. The van der Waals surface area contributed by atoms with Crippen LogP contribution in [0.2, 0.25) is 5.02 Å². The van der Waals surface area contributed by atoms with Crippen LogP contribution in [-0.4, -0.2) is 42.1 Å². The van der Waals surface area contributed by atoms with Gasteiger partial charge in [0.2, 0.25) is 5.91 Å². The van der Waals surface area contributed by atoms with Crippen molar-refractivity contribution >= 4 is 29.3 Å². The molecule has 0 aliphatic carbocycles. The first-order valence-electron chi connectivity index (χ1n) is 9.20. The van der Waals surface area contributed by atoms with Crippen molar-refractivity contribution in [2.45, 2.75) is 13.2 Å². The number of aromatic nitrogens is 5. The summed E-state index contributed by atoms with van der Waals surface area (Å²) in [4.78, 5) is 27.2. The van der Waals surface area contributed by atoms with E-state index in [-0.39, 0.29) is 30.5 Å². The zero-order valence-electron chi connectivity index (χ0n) is 16.3. The average Bonchev–Trinajstić information content (AvgIpc) is 3.43. The minimum Gasteiger partial charge on any atom is -0.486 e. The van der Waals surface area contributed by atoms with Crippen LogP contribution in [0.1, 0.15) is 16.2 Å². The molecule has 3 heterocycles. The highest BCUT2D eigenvalue weighted by atomic mass is 35.5. The molecule has 0 fully saturated rings. The van der Waals surface area contributed by atoms with Gasteiger partial charge in [-0.25, -0.2) is 14.5 Å². The van der Waals surface area contributed by atoms with Crippen molar-refractivity contribution in [3.05, 3.63) is 71.3 Å². The van der Waals surface area contributed by atoms with E-state index in [1.54, 1.807) is 48.8 Å². The number of benzene rings is 1. The number of aromatic carboxylic acids is 1. The second kappa shape index (κ2) is 9.27. The summed E-state index contributed by atoms with van der Waals surface area (Å²) in [5.41, 5.74) is 0.665. The molecule has 12 heteroatoms. The maximum atomic E-state index is 12.1. The van der Waals surface area contributed by atoms with Crippen molar-refractivity contribution in [1.82, 2.24) is 25.1 Å². The van der Waals surface area contributed by atoms with Gasteiger partial charge in [-0.1, -0.05) is 28.0 Å². The Kier molecular flexibility index (Phi) is 6.08. The summed E-state index contributed by atoms with van der Waals surface area (Å²) in [5.74, 6) is -0.511. The first kappa shape index (κ1) is 21.0. The van der Waals surface area contributed by atoms with E-state index in [1.807, 2.05) is 0 Å². The number of pyridine rings is 1. The van der Waals surface area contributed by atoms with Gasteiger partial charge in [0.1, 0.15) is 30.4 Å². The lowest BCUT2D eigenvalue weighted by Gasteiger charge is -2.08. The van der Waals surface area contributed by atoms with Crippen molar-refractivity contribution < 1.29 is 24.0 Å². The zero-order valence-corrected chi connectivity index (χ0v) is 17.1. The maximum Gasteiger partial charge on any atom is 0.358 e. The van der Waals surface area contributed by atoms with E-state index in [0.717, 1.165) is 0 Å². The van der Waals surface area contributed by atoms with Crippen molar-refractivity contribution in [3.63, 3.8) is 0 Å². The lowest BCUT2D eigenvalue weighted by Crippen LogP contribution is -2.19. The molecule has 4 rings (SSSR count). The summed E-state index contributed by atoms with van der Waals surface area (Å²) in [6.45, 7) is -0.0117. The van der Waals surface area contributed by atoms with Crippen LogP contribution in [0.3, 0.4) is 0 Å². The van der Waals surface area contributed by atoms with Gasteiger partial charge in [-0.15, -0.1) is 5.10 Å². The zero-order chi connectivity index (χ0) is 22.5. The van der Waals surface area contributed by atoms with Gasteiger partial charge >= 0.3 is 5.97 Å². The van der Waals surface area contributed by atoms with Crippen molar-refractivity contribution in [2.75, 3.05) is 5.32 Å². The monoisotopic (exact) mass is 454 g/mol. The summed E-state index contributed by atoms with van der Waals surface area (Å²) in [6, 6.07) is 11.3. The summed E-state index contributed by atoms with van der Waals surface area (Å²) in [7, 11) is 0. The first-order chi connectivity index (χ1) is 15.5. The van der Waals surface area contributed by atoms with E-state index in [0.29, 0.717) is 27.8 Å². The molecular weight excluding hydrogens is 440 g/mol. The molecule has 3 aromatic heterocycles. The van der Waals surface area contributed by atoms with E-state index < -0.39 is 5.97 Å². The summed E-state index contributed by atoms with van der Waals surface area (Å²) < 4.78 is 12.3. The minimum atomic E-state index is -1.21. The molecule has 0 saturated heterocycles. The topological polar surface area (TPSA) is 145 Å². The Balaban J connectivity index is 1.41. The number of nitrogens with one attached hydrogen (secondary N) is 1. The Morgan fingerprint density at radius 1 is 1.22 bits per heavy atom. The normalized spacial score (nSPS) is 10.7. The Bertz CT molecular complexity index is 1260. The number of nitrogens with zero attached hydrogens (tertiary/aromatic N) is 5. The maximum absolute atomic E-state index is 12.1. The number of amides is 1. The number of ether oxygens (including phenoxy) is 1. The molecule has 11 nitrogen and oxygen atoms in total. The molecule has 4 aromatic rings. The molecule has 0 aliphatic heterocycles. The third kappa shape index (κ3) is 5.08. The number of carbonyl (C=O) groups excluding carboxylic acids is 1. The highest BCUT2D eigenvalue weighted by molar-refractivity contribution is 6.30. The molecule has 162 valence electrons. The van der Waals surface area contributed by atoms with E-state index >= 15 is 0 Å². The predicted octanol–water partition coefficient (Wildman–Crippen LogP) is 2.90. The number of rotatable bonds is 8. The quantitative estimate of drug-likeness (QED) is 0.410. The van der Waals surface area contributed by atoms with Gasteiger partial charge in [0, 0.05) is 17.3 Å². The number of hydrogen-bond donors (Lipinski definition) is 2. The van der Waals surface area contributed by atoms with Crippen molar-refractivity contribution in [3.8, 4) is 17.1 Å². The van der Waals surface area contributed by atoms with Crippen LogP contribution in [0.5, 0.6) is 5.75 Å². The second-order valence-corrected chi connectivity index (χ2v) is 6.92.